The molecule has 12 nitrogen and oxygen atoms in total. The number of rotatable bonds is 10. The zero-order valence-electron chi connectivity index (χ0n) is 28.0. The Morgan fingerprint density at radius 2 is 1.70 bits per heavy atom. The molecular formula is C34H45N9O3S. The van der Waals surface area contributed by atoms with Crippen LogP contribution in [0, 0.1) is 6.92 Å². The number of sulfone groups is 1. The van der Waals surface area contributed by atoms with Crippen LogP contribution in [0.3, 0.4) is 0 Å². The van der Waals surface area contributed by atoms with E-state index in [1.54, 1.807) is 25.7 Å². The van der Waals surface area contributed by atoms with Gasteiger partial charge in [-0.3, -0.25) is 14.9 Å². The first-order valence-electron chi connectivity index (χ1n) is 16.3. The largest absolute Gasteiger partial charge is 0.494 e. The SMILES string of the molecule is CCc1cc(Nc2ncc(C)c(Nc3ccc4nccnc4c3CS(C)(=O)=O)n2)c(OC)cc1N1CCC(N2CCN(C)CC2)CC1. The van der Waals surface area contributed by atoms with Gasteiger partial charge in [0, 0.05) is 98.7 Å². The summed E-state index contributed by atoms with van der Waals surface area (Å²) in [5.41, 5.74) is 6.35. The van der Waals surface area contributed by atoms with Crippen LogP contribution in [0.2, 0.25) is 0 Å². The molecule has 47 heavy (non-hydrogen) atoms. The molecule has 0 spiro atoms. The number of nitrogens with one attached hydrogen (secondary N) is 2. The summed E-state index contributed by atoms with van der Waals surface area (Å²) in [5, 5.41) is 6.73. The van der Waals surface area contributed by atoms with Crippen LogP contribution >= 0.6 is 0 Å². The van der Waals surface area contributed by atoms with Gasteiger partial charge >= 0.3 is 0 Å². The lowest BCUT2D eigenvalue weighted by Gasteiger charge is -2.43. The van der Waals surface area contributed by atoms with Gasteiger partial charge in [-0.1, -0.05) is 6.92 Å². The van der Waals surface area contributed by atoms with Gasteiger partial charge in [-0.15, -0.1) is 0 Å². The number of nitrogens with zero attached hydrogens (tertiary/aromatic N) is 7. The fourth-order valence-corrected chi connectivity index (χ4v) is 7.43. The first-order chi connectivity index (χ1) is 22.6. The maximum Gasteiger partial charge on any atom is 0.229 e. The first kappa shape index (κ1) is 32.9. The molecule has 0 bridgehead atoms. The Morgan fingerprint density at radius 3 is 2.40 bits per heavy atom. The minimum Gasteiger partial charge on any atom is -0.494 e. The third-order valence-corrected chi connectivity index (χ3v) is 10.1. The van der Waals surface area contributed by atoms with Crippen molar-refractivity contribution in [1.29, 1.82) is 0 Å². The highest BCUT2D eigenvalue weighted by Gasteiger charge is 2.28. The van der Waals surface area contributed by atoms with Gasteiger partial charge in [0.15, 0.2) is 9.84 Å². The van der Waals surface area contributed by atoms with Gasteiger partial charge < -0.3 is 25.2 Å². The fourth-order valence-electron chi connectivity index (χ4n) is 6.61. The molecule has 0 radical (unpaired) electrons. The number of piperazine rings is 1. The number of aromatic nitrogens is 4. The lowest BCUT2D eigenvalue weighted by atomic mass is 9.99. The molecule has 2 N–H and O–H groups in total. The van der Waals surface area contributed by atoms with Crippen LogP contribution < -0.4 is 20.3 Å². The van der Waals surface area contributed by atoms with E-state index in [4.69, 9.17) is 9.72 Å². The second-order valence-corrected chi connectivity index (χ2v) is 14.8. The average Bonchev–Trinajstić information content (AvgIpc) is 3.07. The van der Waals surface area contributed by atoms with Crippen LogP contribution in [0.1, 0.15) is 36.5 Å². The quantitative estimate of drug-likeness (QED) is 0.248. The standard InChI is InChI=1S/C34H45N9O3S/c1-6-24-19-29(31(46-4)20-30(24)43-13-9-25(10-14-43)42-17-15-41(3)16-18-42)39-34-37-21-23(2)33(40-34)38-27-7-8-28-32(36-12-11-35-28)26(27)22-47(5,44)45/h7-8,11-12,19-21,25H,6,9-10,13-18,22H2,1-5H3,(H2,37,38,39,40). The summed E-state index contributed by atoms with van der Waals surface area (Å²) in [7, 11) is 0.541. The molecule has 2 saturated heterocycles. The van der Waals surface area contributed by atoms with Gasteiger partial charge in [0.05, 0.1) is 29.6 Å². The smallest absolute Gasteiger partial charge is 0.229 e. The van der Waals surface area contributed by atoms with Crippen molar-refractivity contribution < 1.29 is 13.2 Å². The Balaban J connectivity index is 1.22. The molecule has 4 aromatic rings. The summed E-state index contributed by atoms with van der Waals surface area (Å²) in [4.78, 5) is 25.7. The van der Waals surface area contributed by atoms with E-state index < -0.39 is 9.84 Å². The topological polar surface area (TPSA) is 129 Å². The number of ether oxygens (including phenoxy) is 1. The van der Waals surface area contributed by atoms with Gasteiger partial charge in [-0.2, -0.15) is 4.98 Å². The van der Waals surface area contributed by atoms with Crippen molar-refractivity contribution in [1.82, 2.24) is 29.7 Å². The molecule has 0 amide bonds. The van der Waals surface area contributed by atoms with Crippen LogP contribution in [0.4, 0.5) is 28.8 Å². The lowest BCUT2D eigenvalue weighted by Crippen LogP contribution is -2.52. The van der Waals surface area contributed by atoms with E-state index in [9.17, 15) is 8.42 Å². The number of aryl methyl sites for hydroxylation is 2. The highest BCUT2D eigenvalue weighted by molar-refractivity contribution is 7.89. The van der Waals surface area contributed by atoms with E-state index in [2.05, 4.69) is 66.4 Å². The Hall–Kier alpha value is -4.07. The van der Waals surface area contributed by atoms with Crippen molar-refractivity contribution in [2.24, 2.45) is 0 Å². The molecule has 0 aliphatic carbocycles. The summed E-state index contributed by atoms with van der Waals surface area (Å²) in [5.74, 6) is 1.48. The number of benzene rings is 2. The number of likely N-dealkylation sites (N-methyl/N-ethyl adjacent to an activating group) is 1. The van der Waals surface area contributed by atoms with Crippen molar-refractivity contribution in [3.05, 3.63) is 59.5 Å². The summed E-state index contributed by atoms with van der Waals surface area (Å²) >= 11 is 0. The minimum absolute atomic E-state index is 0.183. The molecule has 2 aliphatic rings. The zero-order valence-corrected chi connectivity index (χ0v) is 28.8. The third kappa shape index (κ3) is 7.58. The van der Waals surface area contributed by atoms with Crippen LogP contribution in [-0.4, -0.2) is 104 Å². The molecule has 2 aromatic carbocycles. The molecule has 0 atom stereocenters. The Morgan fingerprint density at radius 1 is 0.957 bits per heavy atom. The Kier molecular flexibility index (Phi) is 9.76. The number of anilines is 5. The number of piperidine rings is 1. The maximum atomic E-state index is 12.4. The van der Waals surface area contributed by atoms with Gasteiger partial charge in [-0.05, 0) is 57.0 Å². The van der Waals surface area contributed by atoms with E-state index >= 15 is 0 Å². The summed E-state index contributed by atoms with van der Waals surface area (Å²) in [6.45, 7) is 10.8. The van der Waals surface area contributed by atoms with Crippen molar-refractivity contribution in [3.8, 4) is 5.75 Å². The Bertz CT molecular complexity index is 1840. The van der Waals surface area contributed by atoms with Crippen LogP contribution in [0.15, 0.2) is 42.9 Å². The van der Waals surface area contributed by atoms with Gasteiger partial charge in [0.2, 0.25) is 5.95 Å². The summed E-state index contributed by atoms with van der Waals surface area (Å²) in [6, 6.07) is 8.57. The van der Waals surface area contributed by atoms with Crippen molar-refractivity contribution in [2.75, 3.05) is 75.2 Å². The fraction of sp³-hybridized carbons (Fsp3) is 0.471. The molecule has 13 heteroatoms. The normalized spacial score (nSPS) is 16.8. The van der Waals surface area contributed by atoms with E-state index in [1.165, 1.54) is 17.5 Å². The van der Waals surface area contributed by atoms with E-state index in [-0.39, 0.29) is 5.75 Å². The molecule has 0 saturated carbocycles. The lowest BCUT2D eigenvalue weighted by molar-refractivity contribution is 0.0982. The molecule has 0 unspecified atom stereocenters. The highest BCUT2D eigenvalue weighted by atomic mass is 32.2. The molecule has 250 valence electrons. The molecule has 6 rings (SSSR count). The summed E-state index contributed by atoms with van der Waals surface area (Å²) < 4.78 is 30.6. The average molecular weight is 660 g/mol. The van der Waals surface area contributed by atoms with E-state index in [0.29, 0.717) is 40.1 Å². The van der Waals surface area contributed by atoms with Crippen molar-refractivity contribution >= 4 is 49.7 Å². The van der Waals surface area contributed by atoms with Gasteiger partial charge in [-0.25, -0.2) is 13.4 Å². The number of hydrogen-bond donors (Lipinski definition) is 2. The van der Waals surface area contributed by atoms with Crippen LogP contribution in [0.5, 0.6) is 5.75 Å². The highest BCUT2D eigenvalue weighted by Crippen LogP contribution is 2.37. The zero-order chi connectivity index (χ0) is 33.1. The maximum absolute atomic E-state index is 12.4. The Labute approximate surface area is 277 Å². The molecule has 2 fully saturated rings. The number of fused-ring (bicyclic) bond motifs is 1. The summed E-state index contributed by atoms with van der Waals surface area (Å²) in [6.07, 6.45) is 9.31. The molecule has 4 heterocycles. The first-order valence-corrected chi connectivity index (χ1v) is 18.3. The van der Waals surface area contributed by atoms with Crippen molar-refractivity contribution in [3.63, 3.8) is 0 Å². The predicted molar refractivity (Wildman–Crippen MR) is 188 cm³/mol. The second-order valence-electron chi connectivity index (χ2n) is 12.7. The number of hydrogen-bond acceptors (Lipinski definition) is 12. The number of methoxy groups -OCH3 is 1. The van der Waals surface area contributed by atoms with E-state index in [1.807, 2.05) is 19.1 Å². The van der Waals surface area contributed by atoms with Crippen LogP contribution in [0.25, 0.3) is 11.0 Å². The van der Waals surface area contributed by atoms with Crippen molar-refractivity contribution in [2.45, 2.75) is 44.9 Å². The van der Waals surface area contributed by atoms with E-state index in [0.717, 1.165) is 75.5 Å². The molecule has 2 aliphatic heterocycles. The van der Waals surface area contributed by atoms with Crippen LogP contribution in [-0.2, 0) is 22.0 Å². The predicted octanol–water partition coefficient (Wildman–Crippen LogP) is 4.55. The third-order valence-electron chi connectivity index (χ3n) is 9.26. The molecule has 2 aromatic heterocycles. The van der Waals surface area contributed by atoms with Gasteiger partial charge in [0.1, 0.15) is 11.6 Å². The second kappa shape index (κ2) is 14.0. The molecular weight excluding hydrogens is 615 g/mol. The minimum atomic E-state index is -3.35. The monoisotopic (exact) mass is 659 g/mol. The van der Waals surface area contributed by atoms with Gasteiger partial charge in [0.25, 0.3) is 0 Å².